The Balaban J connectivity index is 1.71. The van der Waals surface area contributed by atoms with Gasteiger partial charge in [0.05, 0.1) is 12.1 Å². The summed E-state index contributed by atoms with van der Waals surface area (Å²) in [5.41, 5.74) is -0.494. The van der Waals surface area contributed by atoms with Crippen molar-refractivity contribution >= 4 is 40.7 Å². The summed E-state index contributed by atoms with van der Waals surface area (Å²) in [5.74, 6) is -0.688. The summed E-state index contributed by atoms with van der Waals surface area (Å²) < 4.78 is 79.1. The number of nitrogens with one attached hydrogen (secondary N) is 1. The first-order valence-corrected chi connectivity index (χ1v) is 9.41. The standard InChI is InChI=1S/C18H10Cl2F6N6O/c19-12-5-10(17(21,22)23)6-13(28-12)29-14-7-15(31-16(20)30-14)32-27-8-9-1-3-11(4-2-9)33-18(24,25)26/h1-7H,8H2,(H,28,29,30,31). The minimum absolute atomic E-state index is 0.0124. The Morgan fingerprint density at radius 3 is 2.18 bits per heavy atom. The van der Waals surface area contributed by atoms with Crippen LogP contribution in [0.15, 0.2) is 52.7 Å². The Morgan fingerprint density at radius 1 is 0.879 bits per heavy atom. The van der Waals surface area contributed by atoms with Gasteiger partial charge < -0.3 is 10.1 Å². The molecule has 3 aromatic rings. The molecule has 0 spiro atoms. The molecule has 0 radical (unpaired) electrons. The molecule has 0 unspecified atom stereocenters. The number of rotatable bonds is 6. The molecule has 0 aliphatic carbocycles. The van der Waals surface area contributed by atoms with Gasteiger partial charge in [0.2, 0.25) is 5.28 Å². The molecule has 0 atom stereocenters. The van der Waals surface area contributed by atoms with Crippen LogP contribution in [-0.4, -0.2) is 21.3 Å². The highest BCUT2D eigenvalue weighted by molar-refractivity contribution is 6.29. The first-order chi connectivity index (χ1) is 15.4. The van der Waals surface area contributed by atoms with Crippen molar-refractivity contribution in [2.24, 2.45) is 10.2 Å². The van der Waals surface area contributed by atoms with Crippen LogP contribution < -0.4 is 10.1 Å². The summed E-state index contributed by atoms with van der Waals surface area (Å²) in [6.07, 6.45) is -9.43. The van der Waals surface area contributed by atoms with Gasteiger partial charge in [-0.3, -0.25) is 0 Å². The lowest BCUT2D eigenvalue weighted by Gasteiger charge is -2.10. The van der Waals surface area contributed by atoms with Gasteiger partial charge in [0.15, 0.2) is 5.82 Å². The van der Waals surface area contributed by atoms with Crippen LogP contribution in [0.25, 0.3) is 0 Å². The monoisotopic (exact) mass is 510 g/mol. The summed E-state index contributed by atoms with van der Waals surface area (Å²) in [4.78, 5) is 11.4. The minimum atomic E-state index is -4.80. The first-order valence-electron chi connectivity index (χ1n) is 8.66. The fourth-order valence-corrected chi connectivity index (χ4v) is 2.75. The zero-order valence-corrected chi connectivity index (χ0v) is 17.4. The molecule has 15 heteroatoms. The molecular weight excluding hydrogens is 501 g/mol. The van der Waals surface area contributed by atoms with Gasteiger partial charge in [-0.2, -0.15) is 23.3 Å². The number of anilines is 2. The molecule has 1 aromatic carbocycles. The van der Waals surface area contributed by atoms with E-state index in [0.29, 0.717) is 11.6 Å². The molecule has 0 saturated carbocycles. The third kappa shape index (κ3) is 7.71. The maximum absolute atomic E-state index is 12.9. The van der Waals surface area contributed by atoms with E-state index in [0.717, 1.165) is 18.2 Å². The second-order valence-electron chi connectivity index (χ2n) is 6.16. The molecule has 2 aromatic heterocycles. The van der Waals surface area contributed by atoms with E-state index in [2.05, 4.69) is 35.2 Å². The van der Waals surface area contributed by atoms with Crippen molar-refractivity contribution in [3.05, 3.63) is 64.0 Å². The van der Waals surface area contributed by atoms with Gasteiger partial charge in [0.25, 0.3) is 0 Å². The SMILES string of the molecule is FC(F)(F)Oc1ccc(CN=Nc2cc(Nc3cc(C(F)(F)F)cc(Cl)n3)nc(Cl)n2)cc1. The summed E-state index contributed by atoms with van der Waals surface area (Å²) in [7, 11) is 0. The van der Waals surface area contributed by atoms with E-state index >= 15 is 0 Å². The van der Waals surface area contributed by atoms with Crippen molar-refractivity contribution in [3.8, 4) is 5.75 Å². The topological polar surface area (TPSA) is 84.7 Å². The number of pyridine rings is 1. The molecule has 174 valence electrons. The Morgan fingerprint density at radius 2 is 1.55 bits per heavy atom. The lowest BCUT2D eigenvalue weighted by molar-refractivity contribution is -0.274. The fourth-order valence-electron chi connectivity index (χ4n) is 2.36. The molecule has 1 N–H and O–H groups in total. The van der Waals surface area contributed by atoms with Crippen LogP contribution in [-0.2, 0) is 12.7 Å². The molecule has 0 bridgehead atoms. The average Bonchev–Trinajstić information content (AvgIpc) is 2.66. The van der Waals surface area contributed by atoms with Crippen molar-refractivity contribution < 1.29 is 31.1 Å². The summed E-state index contributed by atoms with van der Waals surface area (Å²) in [6, 6.07) is 7.61. The number of ether oxygens (including phenoxy) is 1. The zero-order valence-electron chi connectivity index (χ0n) is 15.9. The molecule has 0 amide bonds. The number of benzene rings is 1. The Kier molecular flexibility index (Phi) is 7.22. The van der Waals surface area contributed by atoms with Gasteiger partial charge in [-0.15, -0.1) is 18.3 Å². The van der Waals surface area contributed by atoms with Crippen molar-refractivity contribution in [1.82, 2.24) is 15.0 Å². The molecule has 2 heterocycles. The van der Waals surface area contributed by atoms with Gasteiger partial charge in [-0.1, -0.05) is 23.7 Å². The van der Waals surface area contributed by atoms with E-state index in [1.165, 1.54) is 18.2 Å². The quantitative estimate of drug-likeness (QED) is 0.165. The highest BCUT2D eigenvalue weighted by atomic mass is 35.5. The van der Waals surface area contributed by atoms with Crippen LogP contribution in [0.2, 0.25) is 10.4 Å². The zero-order chi connectivity index (χ0) is 24.2. The Labute approximate surface area is 191 Å². The number of azo groups is 1. The van der Waals surface area contributed by atoms with E-state index in [1.807, 2.05) is 0 Å². The Bertz CT molecular complexity index is 1150. The van der Waals surface area contributed by atoms with E-state index in [4.69, 9.17) is 23.2 Å². The van der Waals surface area contributed by atoms with Gasteiger partial charge >= 0.3 is 12.5 Å². The number of halogens is 8. The van der Waals surface area contributed by atoms with Crippen LogP contribution >= 0.6 is 23.2 Å². The van der Waals surface area contributed by atoms with Gasteiger partial charge in [0, 0.05) is 6.07 Å². The van der Waals surface area contributed by atoms with E-state index in [-0.39, 0.29) is 40.2 Å². The predicted molar refractivity (Wildman–Crippen MR) is 106 cm³/mol. The number of nitrogens with zero attached hydrogens (tertiary/aromatic N) is 5. The Hall–Kier alpha value is -3.19. The molecule has 0 saturated heterocycles. The number of hydrogen-bond donors (Lipinski definition) is 1. The smallest absolute Gasteiger partial charge is 0.406 e. The minimum Gasteiger partial charge on any atom is -0.406 e. The van der Waals surface area contributed by atoms with Crippen molar-refractivity contribution in [3.63, 3.8) is 0 Å². The van der Waals surface area contributed by atoms with E-state index in [9.17, 15) is 26.3 Å². The molecule has 33 heavy (non-hydrogen) atoms. The van der Waals surface area contributed by atoms with Crippen LogP contribution in [0, 0.1) is 0 Å². The highest BCUT2D eigenvalue weighted by Gasteiger charge is 2.32. The summed E-state index contributed by atoms with van der Waals surface area (Å²) >= 11 is 11.5. The van der Waals surface area contributed by atoms with Crippen molar-refractivity contribution in [2.75, 3.05) is 5.32 Å². The van der Waals surface area contributed by atoms with Crippen LogP contribution in [0.1, 0.15) is 11.1 Å². The van der Waals surface area contributed by atoms with Crippen molar-refractivity contribution in [2.45, 2.75) is 19.1 Å². The third-order valence-corrected chi connectivity index (χ3v) is 4.01. The first kappa shape index (κ1) is 24.5. The summed E-state index contributed by atoms with van der Waals surface area (Å²) in [6.45, 7) is -0.0124. The molecule has 0 fully saturated rings. The lowest BCUT2D eigenvalue weighted by Crippen LogP contribution is -2.16. The number of hydrogen-bond acceptors (Lipinski definition) is 7. The largest absolute Gasteiger partial charge is 0.573 e. The van der Waals surface area contributed by atoms with Crippen LogP contribution in [0.5, 0.6) is 5.75 Å². The summed E-state index contributed by atoms with van der Waals surface area (Å²) in [5, 5.41) is 9.56. The second kappa shape index (κ2) is 9.75. The number of aromatic nitrogens is 3. The number of alkyl halides is 6. The molecule has 0 aliphatic rings. The molecular formula is C18H10Cl2F6N6O. The second-order valence-corrected chi connectivity index (χ2v) is 6.88. The van der Waals surface area contributed by atoms with E-state index < -0.39 is 18.1 Å². The van der Waals surface area contributed by atoms with Gasteiger partial charge in [-0.25, -0.2) is 9.97 Å². The normalized spacial score (nSPS) is 12.2. The fraction of sp³-hybridized carbons (Fsp3) is 0.167. The average molecular weight is 511 g/mol. The maximum Gasteiger partial charge on any atom is 0.573 e. The highest BCUT2D eigenvalue weighted by Crippen LogP contribution is 2.33. The maximum atomic E-state index is 12.9. The predicted octanol–water partition coefficient (Wildman–Crippen LogP) is 7.12. The lowest BCUT2D eigenvalue weighted by atomic mass is 10.2. The van der Waals surface area contributed by atoms with Crippen molar-refractivity contribution in [1.29, 1.82) is 0 Å². The molecule has 7 nitrogen and oxygen atoms in total. The molecule has 0 aliphatic heterocycles. The van der Waals surface area contributed by atoms with Gasteiger partial charge in [-0.05, 0) is 41.4 Å². The third-order valence-electron chi connectivity index (χ3n) is 3.65. The van der Waals surface area contributed by atoms with E-state index in [1.54, 1.807) is 0 Å². The van der Waals surface area contributed by atoms with Gasteiger partial charge in [0.1, 0.15) is 22.5 Å². The van der Waals surface area contributed by atoms with Crippen LogP contribution in [0.3, 0.4) is 0 Å². The molecule has 3 rings (SSSR count). The van der Waals surface area contributed by atoms with Crippen LogP contribution in [0.4, 0.5) is 43.8 Å².